The van der Waals surface area contributed by atoms with E-state index in [0.717, 1.165) is 23.6 Å². The molecule has 4 heteroatoms. The number of rotatable bonds is 4. The number of anilines is 1. The zero-order valence-corrected chi connectivity index (χ0v) is 10.7. The first-order valence-electron chi connectivity index (χ1n) is 5.79. The molecule has 92 valence electrons. The first-order chi connectivity index (χ1) is 8.16. The van der Waals surface area contributed by atoms with E-state index in [9.17, 15) is 4.79 Å². The molecule has 1 saturated heterocycles. The number of nitrogens with zero attached hydrogens (tertiary/aromatic N) is 1. The lowest BCUT2D eigenvalue weighted by Gasteiger charge is -2.29. The zero-order valence-electron chi connectivity index (χ0n) is 9.93. The van der Waals surface area contributed by atoms with Gasteiger partial charge in [-0.15, -0.1) is 0 Å². The van der Waals surface area contributed by atoms with Crippen molar-refractivity contribution in [3.8, 4) is 0 Å². The summed E-state index contributed by atoms with van der Waals surface area (Å²) in [6.45, 7) is 2.13. The summed E-state index contributed by atoms with van der Waals surface area (Å²) in [4.78, 5) is 13.0. The van der Waals surface area contributed by atoms with Crippen LogP contribution in [0, 0.1) is 6.92 Å². The minimum absolute atomic E-state index is 0.0916. The van der Waals surface area contributed by atoms with Gasteiger partial charge in [-0.05, 0) is 31.2 Å². The molecule has 1 aliphatic rings. The average Bonchev–Trinajstić information content (AvgIpc) is 2.80. The van der Waals surface area contributed by atoms with E-state index < -0.39 is 5.97 Å². The second kappa shape index (κ2) is 5.45. The van der Waals surface area contributed by atoms with Crippen LogP contribution in [-0.2, 0) is 4.79 Å². The van der Waals surface area contributed by atoms with E-state index in [-0.39, 0.29) is 6.54 Å². The summed E-state index contributed by atoms with van der Waals surface area (Å²) in [6, 6.07) is 8.46. The molecule has 1 unspecified atom stereocenters. The van der Waals surface area contributed by atoms with Crippen molar-refractivity contribution >= 4 is 23.4 Å². The molecule has 17 heavy (non-hydrogen) atoms. The van der Waals surface area contributed by atoms with Gasteiger partial charge in [0.1, 0.15) is 6.54 Å². The van der Waals surface area contributed by atoms with Gasteiger partial charge in [0, 0.05) is 17.5 Å². The molecule has 1 atom stereocenters. The summed E-state index contributed by atoms with van der Waals surface area (Å²) in [5, 5.41) is 9.01. The molecule has 0 aromatic heterocycles. The number of carboxylic acid groups (broad SMARTS) is 1. The van der Waals surface area contributed by atoms with Crippen LogP contribution in [0.3, 0.4) is 0 Å². The molecule has 0 amide bonds. The van der Waals surface area contributed by atoms with Gasteiger partial charge in [0.25, 0.3) is 0 Å². The molecule has 1 aliphatic heterocycles. The Labute approximate surface area is 106 Å². The highest BCUT2D eigenvalue weighted by molar-refractivity contribution is 7.99. The Hall–Kier alpha value is -1.16. The molecule has 1 fully saturated rings. The maximum Gasteiger partial charge on any atom is 0.323 e. The van der Waals surface area contributed by atoms with Crippen LogP contribution >= 0.6 is 11.8 Å². The van der Waals surface area contributed by atoms with E-state index in [4.69, 9.17) is 5.11 Å². The Morgan fingerprint density at radius 1 is 1.47 bits per heavy atom. The second-order valence-electron chi connectivity index (χ2n) is 4.37. The van der Waals surface area contributed by atoms with Crippen LogP contribution in [0.4, 0.5) is 5.69 Å². The van der Waals surface area contributed by atoms with Crippen molar-refractivity contribution in [2.45, 2.75) is 19.4 Å². The van der Waals surface area contributed by atoms with Crippen molar-refractivity contribution in [3.63, 3.8) is 0 Å². The second-order valence-corrected chi connectivity index (χ2v) is 5.52. The van der Waals surface area contributed by atoms with Crippen LogP contribution < -0.4 is 4.90 Å². The van der Waals surface area contributed by atoms with Crippen molar-refractivity contribution < 1.29 is 9.90 Å². The molecule has 0 spiro atoms. The fourth-order valence-corrected chi connectivity index (χ4v) is 3.31. The van der Waals surface area contributed by atoms with E-state index in [0.29, 0.717) is 6.04 Å². The van der Waals surface area contributed by atoms with Crippen LogP contribution in [0.1, 0.15) is 12.0 Å². The minimum Gasteiger partial charge on any atom is -0.480 e. The molecule has 1 aromatic carbocycles. The quantitative estimate of drug-likeness (QED) is 0.892. The third-order valence-corrected chi connectivity index (χ3v) is 4.16. The molecule has 0 radical (unpaired) electrons. The maximum absolute atomic E-state index is 11.0. The third kappa shape index (κ3) is 3.16. The lowest BCUT2D eigenvalue weighted by Crippen LogP contribution is -2.39. The molecular weight excluding hydrogens is 234 g/mol. The zero-order chi connectivity index (χ0) is 12.3. The lowest BCUT2D eigenvalue weighted by atomic mass is 10.1. The van der Waals surface area contributed by atoms with Crippen LogP contribution in [-0.4, -0.2) is 35.2 Å². The summed E-state index contributed by atoms with van der Waals surface area (Å²) < 4.78 is 0. The number of carboxylic acids is 1. The van der Waals surface area contributed by atoms with Crippen molar-refractivity contribution in [2.24, 2.45) is 0 Å². The Balaban J connectivity index is 2.19. The molecular formula is C13H17NO2S. The van der Waals surface area contributed by atoms with Gasteiger partial charge >= 0.3 is 5.97 Å². The molecule has 2 rings (SSSR count). The molecule has 1 aromatic rings. The lowest BCUT2D eigenvalue weighted by molar-refractivity contribution is -0.135. The van der Waals surface area contributed by atoms with Crippen LogP contribution in [0.2, 0.25) is 0 Å². The predicted molar refractivity (Wildman–Crippen MR) is 71.9 cm³/mol. The Morgan fingerprint density at radius 2 is 2.18 bits per heavy atom. The highest BCUT2D eigenvalue weighted by Gasteiger charge is 2.24. The van der Waals surface area contributed by atoms with Crippen molar-refractivity contribution in [1.82, 2.24) is 0 Å². The number of hydrogen-bond donors (Lipinski definition) is 1. The van der Waals surface area contributed by atoms with Gasteiger partial charge in [-0.2, -0.15) is 11.8 Å². The number of hydrogen-bond acceptors (Lipinski definition) is 3. The van der Waals surface area contributed by atoms with Gasteiger partial charge in [0.15, 0.2) is 0 Å². The molecule has 0 aliphatic carbocycles. The maximum atomic E-state index is 11.0. The number of aliphatic carboxylic acids is 1. The van der Waals surface area contributed by atoms with Crippen molar-refractivity contribution in [2.75, 3.05) is 23.0 Å². The fraction of sp³-hybridized carbons (Fsp3) is 0.462. The normalized spacial score (nSPS) is 19.2. The van der Waals surface area contributed by atoms with Gasteiger partial charge in [0.05, 0.1) is 0 Å². The van der Waals surface area contributed by atoms with Gasteiger partial charge in [-0.3, -0.25) is 4.79 Å². The standard InChI is InChI=1S/C13H17NO2S/c1-10-2-4-11(5-3-10)14(8-13(15)16)12-6-7-17-9-12/h2-5,12H,6-9H2,1H3,(H,15,16). The number of benzene rings is 1. The smallest absolute Gasteiger partial charge is 0.323 e. The van der Waals surface area contributed by atoms with E-state index in [1.807, 2.05) is 47.9 Å². The van der Waals surface area contributed by atoms with Crippen LogP contribution in [0.15, 0.2) is 24.3 Å². The third-order valence-electron chi connectivity index (χ3n) is 3.02. The van der Waals surface area contributed by atoms with Crippen molar-refractivity contribution in [1.29, 1.82) is 0 Å². The molecule has 3 nitrogen and oxygen atoms in total. The average molecular weight is 251 g/mol. The van der Waals surface area contributed by atoms with E-state index in [1.165, 1.54) is 5.56 Å². The van der Waals surface area contributed by atoms with Gasteiger partial charge in [-0.25, -0.2) is 0 Å². The number of carbonyl (C=O) groups is 1. The highest BCUT2D eigenvalue weighted by Crippen LogP contribution is 2.27. The predicted octanol–water partition coefficient (Wildman–Crippen LogP) is 2.39. The van der Waals surface area contributed by atoms with E-state index in [2.05, 4.69) is 0 Å². The SMILES string of the molecule is Cc1ccc(N(CC(=O)O)C2CCSC2)cc1. The fourth-order valence-electron chi connectivity index (χ4n) is 2.08. The van der Waals surface area contributed by atoms with E-state index in [1.54, 1.807) is 0 Å². The summed E-state index contributed by atoms with van der Waals surface area (Å²) in [6.07, 6.45) is 1.08. The van der Waals surface area contributed by atoms with Gasteiger partial charge in [-0.1, -0.05) is 17.7 Å². The first kappa shape index (κ1) is 12.3. The Morgan fingerprint density at radius 3 is 2.71 bits per heavy atom. The largest absolute Gasteiger partial charge is 0.480 e. The first-order valence-corrected chi connectivity index (χ1v) is 6.95. The topological polar surface area (TPSA) is 40.5 Å². The molecule has 1 N–H and O–H groups in total. The van der Waals surface area contributed by atoms with E-state index >= 15 is 0 Å². The van der Waals surface area contributed by atoms with Crippen LogP contribution in [0.25, 0.3) is 0 Å². The summed E-state index contributed by atoms with van der Waals surface area (Å²) in [7, 11) is 0. The summed E-state index contributed by atoms with van der Waals surface area (Å²) in [5.74, 6) is 1.40. The van der Waals surface area contributed by atoms with Gasteiger partial charge in [0.2, 0.25) is 0 Å². The Bertz CT molecular complexity index is 385. The monoisotopic (exact) mass is 251 g/mol. The minimum atomic E-state index is -0.762. The summed E-state index contributed by atoms with van der Waals surface area (Å²) >= 11 is 1.90. The summed E-state index contributed by atoms with van der Waals surface area (Å²) in [5.41, 5.74) is 2.22. The molecule has 1 heterocycles. The number of thioether (sulfide) groups is 1. The molecule has 0 bridgehead atoms. The number of aryl methyl sites for hydroxylation is 1. The Kier molecular flexibility index (Phi) is 3.94. The highest BCUT2D eigenvalue weighted by atomic mass is 32.2. The van der Waals surface area contributed by atoms with Crippen LogP contribution in [0.5, 0.6) is 0 Å². The molecule has 0 saturated carbocycles. The van der Waals surface area contributed by atoms with Gasteiger partial charge < -0.3 is 10.0 Å². The van der Waals surface area contributed by atoms with Crippen molar-refractivity contribution in [3.05, 3.63) is 29.8 Å².